The van der Waals surface area contributed by atoms with E-state index < -0.39 is 4.99 Å². The van der Waals surface area contributed by atoms with Crippen molar-refractivity contribution >= 4 is 28.6 Å². The summed E-state index contributed by atoms with van der Waals surface area (Å²) in [6, 6.07) is 9.30. The lowest BCUT2D eigenvalue weighted by atomic mass is 9.90. The van der Waals surface area contributed by atoms with Crippen LogP contribution >= 0.6 is 11.8 Å². The van der Waals surface area contributed by atoms with Crippen LogP contribution in [0.15, 0.2) is 41.2 Å². The Morgan fingerprint density at radius 3 is 2.30 bits per heavy atom. The first-order valence-corrected chi connectivity index (χ1v) is 14.1. The SMILES string of the molecule is CC1=C(C)SC(N)(c2ccc(-c3nn(C4CCC(N5CCN(C)CC5)CC4)c4ncnc(N)c34)cc2)N1. The van der Waals surface area contributed by atoms with E-state index in [9.17, 15) is 0 Å². The van der Waals surface area contributed by atoms with Gasteiger partial charge in [0.2, 0.25) is 0 Å². The Morgan fingerprint density at radius 1 is 0.973 bits per heavy atom. The number of fused-ring (bicyclic) bond motifs is 1. The number of allylic oxidation sites excluding steroid dienone is 2. The van der Waals surface area contributed by atoms with Crippen molar-refractivity contribution in [3.8, 4) is 11.3 Å². The number of rotatable bonds is 4. The fourth-order valence-corrected chi connectivity index (χ4v) is 7.17. The molecule has 1 aromatic carbocycles. The highest BCUT2D eigenvalue weighted by Gasteiger charge is 2.35. The minimum Gasteiger partial charge on any atom is -0.383 e. The molecule has 1 saturated carbocycles. The summed E-state index contributed by atoms with van der Waals surface area (Å²) in [5.74, 6) is 0.472. The van der Waals surface area contributed by atoms with E-state index in [0.717, 1.165) is 59.5 Å². The maximum absolute atomic E-state index is 6.68. The molecule has 9 nitrogen and oxygen atoms in total. The van der Waals surface area contributed by atoms with Crippen molar-refractivity contribution in [1.82, 2.24) is 34.9 Å². The second-order valence-electron chi connectivity index (χ2n) is 10.8. The molecule has 37 heavy (non-hydrogen) atoms. The van der Waals surface area contributed by atoms with Crippen molar-refractivity contribution < 1.29 is 0 Å². The van der Waals surface area contributed by atoms with Gasteiger partial charge in [0.25, 0.3) is 0 Å². The molecule has 1 aliphatic carbocycles. The third-order valence-electron chi connectivity index (χ3n) is 8.39. The molecule has 1 atom stereocenters. The first-order chi connectivity index (χ1) is 17.8. The summed E-state index contributed by atoms with van der Waals surface area (Å²) in [4.78, 5) is 14.6. The normalized spacial score (nSPS) is 27.7. The van der Waals surface area contributed by atoms with E-state index in [2.05, 4.69) is 74.9 Å². The Morgan fingerprint density at radius 2 is 1.65 bits per heavy atom. The molecule has 6 rings (SSSR count). The Bertz CT molecular complexity index is 1300. The van der Waals surface area contributed by atoms with Crippen molar-refractivity contribution in [1.29, 1.82) is 0 Å². The van der Waals surface area contributed by atoms with Gasteiger partial charge in [-0.2, -0.15) is 5.10 Å². The molecule has 5 N–H and O–H groups in total. The molecule has 196 valence electrons. The molecule has 0 bridgehead atoms. The summed E-state index contributed by atoms with van der Waals surface area (Å²) >= 11 is 1.65. The summed E-state index contributed by atoms with van der Waals surface area (Å²) in [6.45, 7) is 8.83. The largest absolute Gasteiger partial charge is 0.383 e. The Hall–Kier alpha value is -2.66. The third kappa shape index (κ3) is 4.50. The number of anilines is 1. The van der Waals surface area contributed by atoms with Crippen molar-refractivity contribution in [3.63, 3.8) is 0 Å². The van der Waals surface area contributed by atoms with Gasteiger partial charge in [-0.3, -0.25) is 10.6 Å². The van der Waals surface area contributed by atoms with Crippen LogP contribution in [0.4, 0.5) is 5.82 Å². The number of nitrogen functional groups attached to an aromatic ring is 1. The molecule has 1 saturated heterocycles. The van der Waals surface area contributed by atoms with E-state index in [1.54, 1.807) is 18.1 Å². The van der Waals surface area contributed by atoms with Gasteiger partial charge in [0.1, 0.15) is 17.8 Å². The number of piperazine rings is 1. The highest BCUT2D eigenvalue weighted by atomic mass is 32.2. The van der Waals surface area contributed by atoms with Gasteiger partial charge in [-0.25, -0.2) is 14.6 Å². The summed E-state index contributed by atoms with van der Waals surface area (Å²) in [7, 11) is 2.22. The summed E-state index contributed by atoms with van der Waals surface area (Å²) in [5, 5.41) is 9.37. The highest BCUT2D eigenvalue weighted by Crippen LogP contribution is 2.42. The molecule has 0 radical (unpaired) electrons. The second kappa shape index (κ2) is 9.58. The molecule has 0 amide bonds. The zero-order chi connectivity index (χ0) is 25.7. The zero-order valence-corrected chi connectivity index (χ0v) is 22.8. The van der Waals surface area contributed by atoms with Crippen LogP contribution in [-0.4, -0.2) is 68.8 Å². The predicted octanol–water partition coefficient (Wildman–Crippen LogP) is 3.46. The quantitative estimate of drug-likeness (QED) is 0.477. The van der Waals surface area contributed by atoms with Crippen molar-refractivity contribution in [2.24, 2.45) is 5.73 Å². The van der Waals surface area contributed by atoms with Gasteiger partial charge in [0.15, 0.2) is 10.6 Å². The molecular formula is C27H37N9S. The topological polar surface area (TPSA) is 114 Å². The van der Waals surface area contributed by atoms with Crippen LogP contribution in [0.25, 0.3) is 22.3 Å². The average Bonchev–Trinajstić information content (AvgIpc) is 3.42. The van der Waals surface area contributed by atoms with Crippen LogP contribution in [0, 0.1) is 0 Å². The predicted molar refractivity (Wildman–Crippen MR) is 151 cm³/mol. The van der Waals surface area contributed by atoms with E-state index >= 15 is 0 Å². The van der Waals surface area contributed by atoms with Gasteiger partial charge >= 0.3 is 0 Å². The zero-order valence-electron chi connectivity index (χ0n) is 21.9. The number of likely N-dealkylation sites (N-methyl/N-ethyl adjacent to an activating group) is 1. The first kappa shape index (κ1) is 24.7. The number of benzene rings is 1. The fourth-order valence-electron chi connectivity index (χ4n) is 6.02. The summed E-state index contributed by atoms with van der Waals surface area (Å²) in [5.41, 5.74) is 17.9. The maximum Gasteiger partial charge on any atom is 0.165 e. The standard InChI is InChI=1S/C27H37N9S/c1-17-18(2)37-27(29,32-17)20-6-4-19(5-7-20)24-23-25(28)30-16-31-26(23)36(33-24)22-10-8-21(9-11-22)35-14-12-34(3)13-15-35/h4-7,16,21-22,32H,8-15,29H2,1-3H3,(H2,28,30,31). The number of nitrogens with zero attached hydrogens (tertiary/aromatic N) is 6. The highest BCUT2D eigenvalue weighted by molar-refractivity contribution is 8.04. The van der Waals surface area contributed by atoms with Crippen LogP contribution in [0.2, 0.25) is 0 Å². The Labute approximate surface area is 222 Å². The summed E-state index contributed by atoms with van der Waals surface area (Å²) < 4.78 is 2.12. The fraction of sp³-hybridized carbons (Fsp3) is 0.519. The van der Waals surface area contributed by atoms with Gasteiger partial charge in [-0.15, -0.1) is 0 Å². The first-order valence-electron chi connectivity index (χ1n) is 13.3. The number of nitrogens with two attached hydrogens (primary N) is 2. The molecular weight excluding hydrogens is 482 g/mol. The van der Waals surface area contributed by atoms with E-state index in [0.29, 0.717) is 17.9 Å². The molecule has 3 aliphatic rings. The van der Waals surface area contributed by atoms with E-state index in [4.69, 9.17) is 16.6 Å². The van der Waals surface area contributed by atoms with E-state index in [-0.39, 0.29) is 0 Å². The van der Waals surface area contributed by atoms with Gasteiger partial charge < -0.3 is 16.0 Å². The lowest BCUT2D eigenvalue weighted by Gasteiger charge is -2.41. The van der Waals surface area contributed by atoms with Crippen molar-refractivity contribution in [3.05, 3.63) is 46.8 Å². The van der Waals surface area contributed by atoms with Crippen LogP contribution in [0.1, 0.15) is 51.1 Å². The van der Waals surface area contributed by atoms with Gasteiger partial charge in [-0.1, -0.05) is 36.0 Å². The minimum absolute atomic E-state index is 0.317. The van der Waals surface area contributed by atoms with Crippen LogP contribution in [0.5, 0.6) is 0 Å². The van der Waals surface area contributed by atoms with E-state index in [1.165, 1.54) is 30.8 Å². The Kier molecular flexibility index (Phi) is 6.38. The maximum atomic E-state index is 6.68. The third-order valence-corrected chi connectivity index (χ3v) is 9.66. The van der Waals surface area contributed by atoms with Gasteiger partial charge in [0, 0.05) is 53.9 Å². The lowest BCUT2D eigenvalue weighted by Crippen LogP contribution is -2.49. The van der Waals surface area contributed by atoms with Crippen LogP contribution in [-0.2, 0) is 4.99 Å². The summed E-state index contributed by atoms with van der Waals surface area (Å²) in [6.07, 6.45) is 6.13. The van der Waals surface area contributed by atoms with Crippen molar-refractivity contribution in [2.75, 3.05) is 39.0 Å². The lowest BCUT2D eigenvalue weighted by molar-refractivity contribution is 0.0815. The van der Waals surface area contributed by atoms with E-state index in [1.807, 2.05) is 0 Å². The van der Waals surface area contributed by atoms with Crippen LogP contribution in [0.3, 0.4) is 0 Å². The number of thioether (sulfide) groups is 1. The number of hydrogen-bond donors (Lipinski definition) is 3. The molecule has 0 spiro atoms. The second-order valence-corrected chi connectivity index (χ2v) is 12.2. The van der Waals surface area contributed by atoms with Crippen LogP contribution < -0.4 is 16.8 Å². The molecule has 2 aliphatic heterocycles. The molecule has 1 unspecified atom stereocenters. The number of nitrogens with one attached hydrogen (secondary N) is 1. The Balaban J connectivity index is 1.26. The molecule has 4 heterocycles. The van der Waals surface area contributed by atoms with Crippen molar-refractivity contribution in [2.45, 2.75) is 56.6 Å². The minimum atomic E-state index is -0.654. The molecule has 2 aromatic heterocycles. The molecule has 10 heteroatoms. The number of aromatic nitrogens is 4. The monoisotopic (exact) mass is 519 g/mol. The smallest absolute Gasteiger partial charge is 0.165 e. The van der Waals surface area contributed by atoms with Gasteiger partial charge in [-0.05, 0) is 46.6 Å². The molecule has 3 aromatic rings. The average molecular weight is 520 g/mol. The number of hydrogen-bond acceptors (Lipinski definition) is 9. The van der Waals surface area contributed by atoms with Gasteiger partial charge in [0.05, 0.1) is 11.4 Å². The molecule has 2 fully saturated rings.